The lowest BCUT2D eigenvalue weighted by Gasteiger charge is -2.23. The van der Waals surface area contributed by atoms with Crippen LogP contribution in [0.25, 0.3) is 17.2 Å². The third-order valence-electron chi connectivity index (χ3n) is 6.85. The van der Waals surface area contributed by atoms with Crippen LogP contribution in [-0.2, 0) is 14.6 Å². The number of nitrogens with zero attached hydrogens (tertiary/aromatic N) is 3. The summed E-state index contributed by atoms with van der Waals surface area (Å²) in [6.45, 7) is 4.54. The molecule has 8 nitrogen and oxygen atoms in total. The van der Waals surface area contributed by atoms with Gasteiger partial charge in [0.1, 0.15) is 15.7 Å². The van der Waals surface area contributed by atoms with E-state index in [1.165, 1.54) is 6.26 Å². The predicted octanol–water partition coefficient (Wildman–Crippen LogP) is 4.04. The van der Waals surface area contributed by atoms with Crippen molar-refractivity contribution in [3.8, 4) is 11.1 Å². The number of rotatable bonds is 9. The Kier molecular flexibility index (Phi) is 8.66. The molecular weight excluding hydrogens is 500 g/mol. The fourth-order valence-electron chi connectivity index (χ4n) is 4.92. The number of aliphatic imine (C=N–C) groups is 1. The van der Waals surface area contributed by atoms with Gasteiger partial charge in [0.05, 0.1) is 11.4 Å². The normalized spacial score (nSPS) is 15.4. The average Bonchev–Trinajstić information content (AvgIpc) is 3.36. The lowest BCUT2D eigenvalue weighted by molar-refractivity contribution is -0.127. The highest BCUT2D eigenvalue weighted by Gasteiger charge is 2.22. The molecule has 0 bridgehead atoms. The molecule has 9 heteroatoms. The van der Waals surface area contributed by atoms with E-state index in [-0.39, 0.29) is 24.0 Å². The van der Waals surface area contributed by atoms with Crippen molar-refractivity contribution in [3.05, 3.63) is 59.2 Å². The lowest BCUT2D eigenvalue weighted by atomic mass is 9.99. The summed E-state index contributed by atoms with van der Waals surface area (Å²) in [5.41, 5.74) is 10.8. The van der Waals surface area contributed by atoms with Gasteiger partial charge in [-0.05, 0) is 61.1 Å². The molecule has 0 atom stereocenters. The van der Waals surface area contributed by atoms with Crippen molar-refractivity contribution in [1.82, 2.24) is 9.80 Å². The van der Waals surface area contributed by atoms with Crippen molar-refractivity contribution in [3.63, 3.8) is 0 Å². The largest absolute Gasteiger partial charge is 0.387 e. The first-order valence-corrected chi connectivity index (χ1v) is 15.2. The SMILES string of the molecule is CCCN(CCCS(C)(=O)=O)C(=O)C1=Cc2ccc(-c3ccc(C(=O)N4CCCC4)cc3)cc2N=C(N)C1. The molecule has 38 heavy (non-hydrogen) atoms. The Morgan fingerprint density at radius 3 is 2.37 bits per heavy atom. The second-order valence-corrected chi connectivity index (χ2v) is 12.3. The van der Waals surface area contributed by atoms with E-state index >= 15 is 0 Å². The first-order valence-electron chi connectivity index (χ1n) is 13.2. The van der Waals surface area contributed by atoms with E-state index in [1.54, 1.807) is 4.90 Å². The first-order chi connectivity index (χ1) is 18.1. The second-order valence-electron chi connectivity index (χ2n) is 10.1. The van der Waals surface area contributed by atoms with Crippen molar-refractivity contribution >= 4 is 39.3 Å². The Morgan fingerprint density at radius 2 is 1.71 bits per heavy atom. The molecule has 2 aliphatic heterocycles. The number of amides is 2. The quantitative estimate of drug-likeness (QED) is 0.520. The van der Waals surface area contributed by atoms with E-state index in [9.17, 15) is 18.0 Å². The zero-order valence-corrected chi connectivity index (χ0v) is 23.0. The van der Waals surface area contributed by atoms with Crippen molar-refractivity contribution in [1.29, 1.82) is 0 Å². The molecule has 2 N–H and O–H groups in total. The van der Waals surface area contributed by atoms with Gasteiger partial charge in [-0.15, -0.1) is 0 Å². The van der Waals surface area contributed by atoms with E-state index in [0.717, 1.165) is 49.0 Å². The number of carbonyl (C=O) groups excluding carboxylic acids is 2. The highest BCUT2D eigenvalue weighted by atomic mass is 32.2. The maximum absolute atomic E-state index is 13.4. The van der Waals surface area contributed by atoms with Crippen molar-refractivity contribution in [2.24, 2.45) is 10.7 Å². The number of sulfone groups is 1. The van der Waals surface area contributed by atoms with Crippen molar-refractivity contribution < 1.29 is 18.0 Å². The molecular formula is C29H36N4O4S. The zero-order chi connectivity index (χ0) is 27.3. The van der Waals surface area contributed by atoms with E-state index in [4.69, 9.17) is 5.73 Å². The summed E-state index contributed by atoms with van der Waals surface area (Å²) < 4.78 is 23.1. The standard InChI is InChI=1S/C29H36N4O4S/c1-3-13-32(16-6-17-38(2,36)37)29(35)25-18-24-12-11-23(19-26(24)31-27(30)20-25)21-7-9-22(10-8-21)28(34)33-14-4-5-15-33/h7-12,18-19H,3-6,13-17,20H2,1-2H3,(H2,30,31). The molecule has 0 aliphatic carbocycles. The molecule has 2 amide bonds. The molecule has 0 unspecified atom stereocenters. The Labute approximate surface area is 225 Å². The van der Waals surface area contributed by atoms with E-state index in [0.29, 0.717) is 42.2 Å². The smallest absolute Gasteiger partial charge is 0.253 e. The summed E-state index contributed by atoms with van der Waals surface area (Å²) in [7, 11) is -3.09. The van der Waals surface area contributed by atoms with Gasteiger partial charge in [0.25, 0.3) is 5.91 Å². The van der Waals surface area contributed by atoms with Crippen LogP contribution in [0, 0.1) is 0 Å². The molecule has 2 aromatic rings. The van der Waals surface area contributed by atoms with Crippen LogP contribution < -0.4 is 5.73 Å². The Hall–Kier alpha value is -3.46. The summed E-state index contributed by atoms with van der Waals surface area (Å²) in [5.74, 6) is 0.319. The van der Waals surface area contributed by atoms with Crippen LogP contribution in [-0.4, -0.2) is 74.1 Å². The fraction of sp³-hybridized carbons (Fsp3) is 0.414. The molecule has 4 rings (SSSR count). The molecule has 0 aromatic heterocycles. The number of benzene rings is 2. The maximum atomic E-state index is 13.4. The summed E-state index contributed by atoms with van der Waals surface area (Å²) >= 11 is 0. The van der Waals surface area contributed by atoms with Crippen LogP contribution in [0.1, 0.15) is 54.9 Å². The zero-order valence-electron chi connectivity index (χ0n) is 22.2. The Bertz CT molecular complexity index is 1360. The average molecular weight is 537 g/mol. The number of amidine groups is 1. The summed E-state index contributed by atoms with van der Waals surface area (Å²) in [6.07, 6.45) is 6.55. The van der Waals surface area contributed by atoms with E-state index in [2.05, 4.69) is 4.99 Å². The summed E-state index contributed by atoms with van der Waals surface area (Å²) in [4.78, 5) is 34.2. The predicted molar refractivity (Wildman–Crippen MR) is 152 cm³/mol. The molecule has 2 heterocycles. The highest BCUT2D eigenvalue weighted by molar-refractivity contribution is 7.90. The van der Waals surface area contributed by atoms with Crippen LogP contribution in [0.15, 0.2) is 53.0 Å². The molecule has 202 valence electrons. The number of nitrogens with two attached hydrogens (primary N) is 1. The molecule has 2 aliphatic rings. The van der Waals surface area contributed by atoms with Gasteiger partial charge >= 0.3 is 0 Å². The Balaban J connectivity index is 1.54. The number of hydrogen-bond acceptors (Lipinski definition) is 6. The Morgan fingerprint density at radius 1 is 1.03 bits per heavy atom. The lowest BCUT2D eigenvalue weighted by Crippen LogP contribution is -2.35. The van der Waals surface area contributed by atoms with Gasteiger partial charge in [-0.1, -0.05) is 31.2 Å². The van der Waals surface area contributed by atoms with Crippen LogP contribution in [0.2, 0.25) is 0 Å². The number of hydrogen-bond donors (Lipinski definition) is 1. The van der Waals surface area contributed by atoms with Gasteiger partial charge in [-0.3, -0.25) is 9.59 Å². The minimum Gasteiger partial charge on any atom is -0.387 e. The van der Waals surface area contributed by atoms with Crippen LogP contribution in [0.4, 0.5) is 5.69 Å². The molecule has 2 aromatic carbocycles. The van der Waals surface area contributed by atoms with E-state index in [1.807, 2.05) is 60.4 Å². The minimum absolute atomic E-state index is 0.0438. The van der Waals surface area contributed by atoms with Gasteiger partial charge in [0.2, 0.25) is 5.91 Å². The van der Waals surface area contributed by atoms with Gasteiger partial charge in [0.15, 0.2) is 0 Å². The van der Waals surface area contributed by atoms with Gasteiger partial charge in [-0.2, -0.15) is 0 Å². The minimum atomic E-state index is -3.09. The van der Waals surface area contributed by atoms with Gasteiger partial charge in [0, 0.05) is 55.6 Å². The number of likely N-dealkylation sites (tertiary alicyclic amines) is 1. The molecule has 1 saturated heterocycles. The second kappa shape index (κ2) is 11.9. The first kappa shape index (κ1) is 27.6. The fourth-order valence-corrected chi connectivity index (χ4v) is 5.57. The van der Waals surface area contributed by atoms with Crippen LogP contribution in [0.5, 0.6) is 0 Å². The number of carbonyl (C=O) groups is 2. The molecule has 0 saturated carbocycles. The summed E-state index contributed by atoms with van der Waals surface area (Å²) in [5, 5.41) is 0. The number of fused-ring (bicyclic) bond motifs is 1. The summed E-state index contributed by atoms with van der Waals surface area (Å²) in [6, 6.07) is 13.5. The highest BCUT2D eigenvalue weighted by Crippen LogP contribution is 2.32. The van der Waals surface area contributed by atoms with Gasteiger partial charge in [-0.25, -0.2) is 13.4 Å². The molecule has 0 spiro atoms. The topological polar surface area (TPSA) is 113 Å². The van der Waals surface area contributed by atoms with E-state index < -0.39 is 9.84 Å². The van der Waals surface area contributed by atoms with Crippen LogP contribution in [0.3, 0.4) is 0 Å². The molecule has 0 radical (unpaired) electrons. The van der Waals surface area contributed by atoms with Crippen molar-refractivity contribution in [2.45, 2.75) is 39.0 Å². The van der Waals surface area contributed by atoms with Gasteiger partial charge < -0.3 is 15.5 Å². The van der Waals surface area contributed by atoms with Crippen LogP contribution >= 0.6 is 0 Å². The third-order valence-corrected chi connectivity index (χ3v) is 7.88. The maximum Gasteiger partial charge on any atom is 0.253 e. The third kappa shape index (κ3) is 6.89. The molecule has 1 fully saturated rings. The van der Waals surface area contributed by atoms with Crippen molar-refractivity contribution in [2.75, 3.05) is 38.2 Å². The monoisotopic (exact) mass is 536 g/mol.